The van der Waals surface area contributed by atoms with Crippen molar-refractivity contribution in [2.45, 2.75) is 12.1 Å². The number of anilines is 1. The molecule has 0 spiro atoms. The van der Waals surface area contributed by atoms with Gasteiger partial charge in [-0.25, -0.2) is 4.39 Å². The summed E-state index contributed by atoms with van der Waals surface area (Å²) in [6.45, 7) is 0. The summed E-state index contributed by atoms with van der Waals surface area (Å²) in [5.41, 5.74) is 3.58. The van der Waals surface area contributed by atoms with Gasteiger partial charge in [-0.05, 0) is 78.9 Å². The molecular formula is C24H17BrClFN4S. The molecule has 32 heavy (non-hydrogen) atoms. The van der Waals surface area contributed by atoms with E-state index < -0.39 is 5.82 Å². The highest BCUT2D eigenvalue weighted by molar-refractivity contribution is 9.10. The summed E-state index contributed by atoms with van der Waals surface area (Å²) in [6, 6.07) is 22.2. The van der Waals surface area contributed by atoms with E-state index in [1.165, 1.54) is 6.07 Å². The summed E-state index contributed by atoms with van der Waals surface area (Å²) in [4.78, 5) is 6.68. The van der Waals surface area contributed by atoms with Gasteiger partial charge in [0.2, 0.25) is 0 Å². The minimum absolute atomic E-state index is 0.0771. The predicted molar refractivity (Wildman–Crippen MR) is 133 cm³/mol. The van der Waals surface area contributed by atoms with Crippen LogP contribution in [0, 0.1) is 5.82 Å². The molecule has 1 aliphatic heterocycles. The highest BCUT2D eigenvalue weighted by Gasteiger charge is 2.42. The van der Waals surface area contributed by atoms with Crippen molar-refractivity contribution in [1.29, 1.82) is 0 Å². The van der Waals surface area contributed by atoms with Gasteiger partial charge in [0.05, 0.1) is 16.8 Å². The highest BCUT2D eigenvalue weighted by Crippen LogP contribution is 2.42. The van der Waals surface area contributed by atoms with Crippen LogP contribution in [0.25, 0.3) is 5.69 Å². The molecule has 1 aliphatic rings. The molecule has 4 nitrogen and oxygen atoms in total. The lowest BCUT2D eigenvalue weighted by atomic mass is 10.0. The monoisotopic (exact) mass is 526 g/mol. The maximum absolute atomic E-state index is 13.8. The Morgan fingerprint density at radius 1 is 1.00 bits per heavy atom. The maximum atomic E-state index is 13.8. The topological polar surface area (TPSA) is 33.1 Å². The zero-order valence-corrected chi connectivity index (χ0v) is 19.8. The van der Waals surface area contributed by atoms with E-state index in [0.29, 0.717) is 5.11 Å². The number of nitrogens with zero attached hydrogens (tertiary/aromatic N) is 3. The quantitative estimate of drug-likeness (QED) is 0.303. The third-order valence-corrected chi connectivity index (χ3v) is 6.60. The van der Waals surface area contributed by atoms with Crippen LogP contribution in [0.2, 0.25) is 5.02 Å². The van der Waals surface area contributed by atoms with Crippen molar-refractivity contribution < 1.29 is 4.39 Å². The Kier molecular flexibility index (Phi) is 5.71. The van der Waals surface area contributed by atoms with Crippen LogP contribution in [-0.2, 0) is 0 Å². The van der Waals surface area contributed by atoms with Crippen LogP contribution in [0.5, 0.6) is 0 Å². The Morgan fingerprint density at radius 2 is 1.78 bits per heavy atom. The van der Waals surface area contributed by atoms with E-state index in [4.69, 9.17) is 23.8 Å². The average molecular weight is 528 g/mol. The molecule has 3 heterocycles. The largest absolute Gasteiger partial charge is 0.351 e. The van der Waals surface area contributed by atoms with Gasteiger partial charge in [-0.1, -0.05) is 33.6 Å². The van der Waals surface area contributed by atoms with Gasteiger partial charge in [0.1, 0.15) is 11.9 Å². The average Bonchev–Trinajstić information content (AvgIpc) is 3.41. The molecule has 0 unspecified atom stereocenters. The van der Waals surface area contributed by atoms with Crippen molar-refractivity contribution in [3.8, 4) is 5.69 Å². The van der Waals surface area contributed by atoms with E-state index in [9.17, 15) is 4.39 Å². The molecular weight excluding hydrogens is 511 g/mol. The zero-order valence-electron chi connectivity index (χ0n) is 16.6. The lowest BCUT2D eigenvalue weighted by Gasteiger charge is -2.29. The van der Waals surface area contributed by atoms with Crippen molar-refractivity contribution in [3.05, 3.63) is 112 Å². The maximum Gasteiger partial charge on any atom is 0.174 e. The number of nitrogens with one attached hydrogen (secondary N) is 1. The molecule has 1 fully saturated rings. The standard InChI is InChI=1S/C24H17BrClFN4S/c25-15-6-8-16(9-7-15)31-23(22(29-24(31)32)20-4-1-2-12-28-20)21-5-3-13-30(21)17-10-11-19(27)18(26)14-17/h1-14,22-23H,(H,29,32)/t22-,23-/m0/s1. The predicted octanol–water partition coefficient (Wildman–Crippen LogP) is 6.60. The molecule has 0 saturated carbocycles. The molecule has 2 aromatic carbocycles. The highest BCUT2D eigenvalue weighted by atomic mass is 79.9. The number of pyridine rings is 1. The summed E-state index contributed by atoms with van der Waals surface area (Å²) >= 11 is 15.4. The van der Waals surface area contributed by atoms with E-state index in [0.717, 1.165) is 27.2 Å². The van der Waals surface area contributed by atoms with Crippen LogP contribution in [-0.4, -0.2) is 14.7 Å². The van der Waals surface area contributed by atoms with Crippen LogP contribution in [0.1, 0.15) is 23.5 Å². The smallest absolute Gasteiger partial charge is 0.174 e. The van der Waals surface area contributed by atoms with Gasteiger partial charge >= 0.3 is 0 Å². The summed E-state index contributed by atoms with van der Waals surface area (Å²) in [5, 5.41) is 4.14. The Hall–Kier alpha value is -2.74. The molecule has 2 atom stereocenters. The fourth-order valence-corrected chi connectivity index (χ4v) is 4.83. The zero-order chi connectivity index (χ0) is 22.2. The van der Waals surface area contributed by atoms with E-state index in [2.05, 4.69) is 31.1 Å². The van der Waals surface area contributed by atoms with Crippen LogP contribution in [0.4, 0.5) is 10.1 Å². The minimum atomic E-state index is -0.448. The van der Waals surface area contributed by atoms with Gasteiger partial charge in [-0.15, -0.1) is 0 Å². The van der Waals surface area contributed by atoms with Gasteiger partial charge < -0.3 is 14.8 Å². The molecule has 1 saturated heterocycles. The number of aromatic nitrogens is 2. The van der Waals surface area contributed by atoms with E-state index in [1.807, 2.05) is 65.4 Å². The first-order valence-corrected chi connectivity index (χ1v) is 11.5. The minimum Gasteiger partial charge on any atom is -0.351 e. The van der Waals surface area contributed by atoms with Crippen molar-refractivity contribution in [1.82, 2.24) is 14.9 Å². The summed E-state index contributed by atoms with van der Waals surface area (Å²) in [5.74, 6) is -0.448. The van der Waals surface area contributed by atoms with Crippen LogP contribution in [0.3, 0.4) is 0 Å². The Balaban J connectivity index is 1.67. The van der Waals surface area contributed by atoms with E-state index in [-0.39, 0.29) is 17.1 Å². The molecule has 4 aromatic rings. The number of halogens is 3. The fraction of sp³-hybridized carbons (Fsp3) is 0.0833. The second-order valence-corrected chi connectivity index (χ2v) is 9.08. The molecule has 8 heteroatoms. The fourth-order valence-electron chi connectivity index (χ4n) is 4.04. The Labute approximate surface area is 203 Å². The van der Waals surface area contributed by atoms with Crippen LogP contribution in [0.15, 0.2) is 89.7 Å². The van der Waals surface area contributed by atoms with Crippen molar-refractivity contribution >= 4 is 50.5 Å². The van der Waals surface area contributed by atoms with Crippen molar-refractivity contribution in [2.24, 2.45) is 0 Å². The lowest BCUT2D eigenvalue weighted by molar-refractivity contribution is 0.549. The molecule has 160 valence electrons. The first-order chi connectivity index (χ1) is 15.5. The van der Waals surface area contributed by atoms with Gasteiger partial charge in [0.15, 0.2) is 5.11 Å². The third-order valence-electron chi connectivity index (χ3n) is 5.47. The van der Waals surface area contributed by atoms with E-state index >= 15 is 0 Å². The van der Waals surface area contributed by atoms with Gasteiger partial charge in [0.25, 0.3) is 0 Å². The molecule has 1 N–H and O–H groups in total. The number of hydrogen-bond acceptors (Lipinski definition) is 2. The van der Waals surface area contributed by atoms with Crippen LogP contribution >= 0.6 is 39.7 Å². The lowest BCUT2D eigenvalue weighted by Crippen LogP contribution is -2.30. The molecule has 0 bridgehead atoms. The van der Waals surface area contributed by atoms with Crippen molar-refractivity contribution in [2.75, 3.05) is 4.90 Å². The Morgan fingerprint density at radius 3 is 2.50 bits per heavy atom. The normalized spacial score (nSPS) is 18.1. The summed E-state index contributed by atoms with van der Waals surface area (Å²) < 4.78 is 16.8. The number of hydrogen-bond donors (Lipinski definition) is 1. The number of thiocarbonyl (C=S) groups is 1. The molecule has 5 rings (SSSR count). The summed E-state index contributed by atoms with van der Waals surface area (Å²) in [7, 11) is 0. The number of rotatable bonds is 4. The molecule has 2 aromatic heterocycles. The molecule has 0 amide bonds. The van der Waals surface area contributed by atoms with Gasteiger partial charge in [0, 0.05) is 33.9 Å². The molecule has 0 radical (unpaired) electrons. The third kappa shape index (κ3) is 3.81. The second kappa shape index (κ2) is 8.65. The number of benzene rings is 2. The van der Waals surface area contributed by atoms with E-state index in [1.54, 1.807) is 18.3 Å². The SMILES string of the molecule is Fc1ccc(-n2cccc2[C@H]2[C@H](c3ccccn3)NC(=S)N2c2ccc(Br)cc2)cc1Cl. The summed E-state index contributed by atoms with van der Waals surface area (Å²) in [6.07, 6.45) is 3.72. The van der Waals surface area contributed by atoms with Crippen molar-refractivity contribution in [3.63, 3.8) is 0 Å². The van der Waals surface area contributed by atoms with Gasteiger partial charge in [-0.3, -0.25) is 4.98 Å². The van der Waals surface area contributed by atoms with Gasteiger partial charge in [-0.2, -0.15) is 0 Å². The molecule has 0 aliphatic carbocycles. The van der Waals surface area contributed by atoms with Crippen LogP contribution < -0.4 is 10.2 Å². The Bertz CT molecular complexity index is 1280. The first-order valence-electron chi connectivity index (χ1n) is 9.92. The first kappa shape index (κ1) is 21.1. The second-order valence-electron chi connectivity index (χ2n) is 7.37.